The van der Waals surface area contributed by atoms with E-state index in [1.54, 1.807) is 24.3 Å². The van der Waals surface area contributed by atoms with E-state index in [2.05, 4.69) is 4.98 Å². The van der Waals surface area contributed by atoms with Crippen LogP contribution >= 0.6 is 11.6 Å². The Hall–Kier alpha value is -2.37. The number of nitrogens with zero attached hydrogens (tertiary/aromatic N) is 2. The van der Waals surface area contributed by atoms with Crippen LogP contribution < -0.4 is 5.73 Å². The first-order chi connectivity index (χ1) is 11.0. The van der Waals surface area contributed by atoms with Crippen molar-refractivity contribution in [3.63, 3.8) is 0 Å². The lowest BCUT2D eigenvalue weighted by molar-refractivity contribution is -0.117. The number of hydrogen-bond acceptors (Lipinski definition) is 3. The molecule has 5 nitrogen and oxygen atoms in total. The van der Waals surface area contributed by atoms with Gasteiger partial charge in [-0.15, -0.1) is 0 Å². The van der Waals surface area contributed by atoms with Gasteiger partial charge in [-0.3, -0.25) is 4.79 Å². The minimum absolute atomic E-state index is 0.0298. The van der Waals surface area contributed by atoms with E-state index in [-0.39, 0.29) is 13.0 Å². The van der Waals surface area contributed by atoms with Gasteiger partial charge in [-0.1, -0.05) is 35.9 Å². The summed E-state index contributed by atoms with van der Waals surface area (Å²) >= 11 is 5.87. The average molecular weight is 330 g/mol. The third kappa shape index (κ3) is 3.36. The van der Waals surface area contributed by atoms with Crippen molar-refractivity contribution in [1.29, 1.82) is 0 Å². The molecule has 0 saturated heterocycles. The van der Waals surface area contributed by atoms with Gasteiger partial charge < -0.3 is 15.4 Å². The number of amides is 1. The fraction of sp³-hybridized carbons (Fsp3) is 0.176. The predicted molar refractivity (Wildman–Crippen MR) is 89.0 cm³/mol. The van der Waals surface area contributed by atoms with Crippen molar-refractivity contribution in [2.75, 3.05) is 0 Å². The van der Waals surface area contributed by atoms with E-state index in [0.717, 1.165) is 16.6 Å². The summed E-state index contributed by atoms with van der Waals surface area (Å²) in [5, 5.41) is 11.1. The normalized spacial score (nSPS) is 12.4. The first-order valence-electron chi connectivity index (χ1n) is 7.20. The summed E-state index contributed by atoms with van der Waals surface area (Å²) in [5.41, 5.74) is 7.68. The number of primary amides is 1. The molecule has 0 radical (unpaired) electrons. The van der Waals surface area contributed by atoms with Gasteiger partial charge in [-0.05, 0) is 29.8 Å². The zero-order valence-electron chi connectivity index (χ0n) is 12.3. The highest BCUT2D eigenvalue weighted by atomic mass is 35.5. The van der Waals surface area contributed by atoms with Crippen LogP contribution in [0.25, 0.3) is 11.0 Å². The minimum atomic E-state index is -0.739. The van der Waals surface area contributed by atoms with Crippen molar-refractivity contribution in [1.82, 2.24) is 9.55 Å². The highest BCUT2D eigenvalue weighted by Crippen LogP contribution is 2.22. The van der Waals surface area contributed by atoms with E-state index in [1.165, 1.54) is 0 Å². The van der Waals surface area contributed by atoms with E-state index in [9.17, 15) is 9.90 Å². The summed E-state index contributed by atoms with van der Waals surface area (Å²) in [7, 11) is 0. The van der Waals surface area contributed by atoms with Crippen LogP contribution in [0, 0.1) is 0 Å². The molecule has 0 aliphatic heterocycles. The van der Waals surface area contributed by atoms with Crippen molar-refractivity contribution >= 4 is 28.5 Å². The van der Waals surface area contributed by atoms with Gasteiger partial charge in [0.2, 0.25) is 5.91 Å². The Kier molecular flexibility index (Phi) is 4.32. The second-order valence-corrected chi connectivity index (χ2v) is 5.77. The Labute approximate surface area is 138 Å². The molecule has 23 heavy (non-hydrogen) atoms. The highest BCUT2D eigenvalue weighted by molar-refractivity contribution is 6.30. The van der Waals surface area contributed by atoms with Crippen LogP contribution in [0.3, 0.4) is 0 Å². The molecule has 2 aromatic carbocycles. The first kappa shape index (κ1) is 15.5. The van der Waals surface area contributed by atoms with Crippen LogP contribution in [0.15, 0.2) is 48.5 Å². The summed E-state index contributed by atoms with van der Waals surface area (Å²) in [6.07, 6.45) is -0.710. The maximum Gasteiger partial charge on any atom is 0.225 e. The molecule has 3 aromatic rings. The number of aromatic nitrogens is 2. The zero-order valence-corrected chi connectivity index (χ0v) is 13.1. The lowest BCUT2D eigenvalue weighted by Crippen LogP contribution is -2.19. The smallest absolute Gasteiger partial charge is 0.225 e. The number of benzene rings is 2. The molecule has 0 spiro atoms. The summed E-state index contributed by atoms with van der Waals surface area (Å²) in [6.45, 7) is 0.282. The number of rotatable bonds is 5. The highest BCUT2D eigenvalue weighted by Gasteiger charge is 2.16. The molecule has 118 valence electrons. The lowest BCUT2D eigenvalue weighted by atomic mass is 10.1. The van der Waals surface area contributed by atoms with Crippen LogP contribution in [-0.2, 0) is 17.8 Å². The number of imidazole rings is 1. The van der Waals surface area contributed by atoms with E-state index < -0.39 is 12.0 Å². The van der Waals surface area contributed by atoms with Gasteiger partial charge in [0.05, 0.1) is 30.1 Å². The van der Waals surface area contributed by atoms with Crippen LogP contribution in [0.5, 0.6) is 0 Å². The van der Waals surface area contributed by atoms with Crippen molar-refractivity contribution < 1.29 is 9.90 Å². The number of aliphatic hydroxyl groups excluding tert-OH is 1. The number of para-hydroxylation sites is 2. The SMILES string of the molecule is NC(=O)Cc1nc2ccccc2n1CC(O)c1ccc(Cl)cc1. The van der Waals surface area contributed by atoms with Gasteiger partial charge in [0, 0.05) is 5.02 Å². The molecule has 0 aliphatic carbocycles. The topological polar surface area (TPSA) is 81.1 Å². The zero-order chi connectivity index (χ0) is 16.4. The molecular formula is C17H16ClN3O2. The van der Waals surface area contributed by atoms with Crippen molar-refractivity contribution in [3.05, 3.63) is 64.9 Å². The van der Waals surface area contributed by atoms with Gasteiger partial charge in [0.15, 0.2) is 0 Å². The van der Waals surface area contributed by atoms with Crippen molar-refractivity contribution in [2.24, 2.45) is 5.73 Å². The number of fused-ring (bicyclic) bond motifs is 1. The Morgan fingerprint density at radius 2 is 1.91 bits per heavy atom. The molecule has 3 rings (SSSR count). The van der Waals surface area contributed by atoms with E-state index in [4.69, 9.17) is 17.3 Å². The Morgan fingerprint density at radius 1 is 1.22 bits per heavy atom. The van der Waals surface area contributed by atoms with Crippen LogP contribution in [0.2, 0.25) is 5.02 Å². The van der Waals surface area contributed by atoms with Crippen LogP contribution in [-0.4, -0.2) is 20.6 Å². The lowest BCUT2D eigenvalue weighted by Gasteiger charge is -2.15. The number of aliphatic hydroxyl groups is 1. The predicted octanol–water partition coefficient (Wildman–Crippen LogP) is 2.45. The molecule has 0 fully saturated rings. The molecule has 0 aliphatic rings. The summed E-state index contributed by atoms with van der Waals surface area (Å²) in [6, 6.07) is 14.6. The third-order valence-corrected chi connectivity index (χ3v) is 3.93. The Balaban J connectivity index is 1.97. The molecule has 0 saturated carbocycles. The van der Waals surface area contributed by atoms with Gasteiger partial charge in [-0.2, -0.15) is 0 Å². The van der Waals surface area contributed by atoms with E-state index in [1.807, 2.05) is 28.8 Å². The van der Waals surface area contributed by atoms with Gasteiger partial charge in [0.25, 0.3) is 0 Å². The summed E-state index contributed by atoms with van der Waals surface area (Å²) in [5.74, 6) is 0.0919. The maximum absolute atomic E-state index is 11.3. The monoisotopic (exact) mass is 329 g/mol. The minimum Gasteiger partial charge on any atom is -0.387 e. The Bertz CT molecular complexity index is 843. The number of carbonyl (C=O) groups is 1. The maximum atomic E-state index is 11.3. The molecule has 1 unspecified atom stereocenters. The largest absolute Gasteiger partial charge is 0.387 e. The second kappa shape index (κ2) is 6.40. The molecule has 3 N–H and O–H groups in total. The number of halogens is 1. The van der Waals surface area contributed by atoms with Crippen molar-refractivity contribution in [3.8, 4) is 0 Å². The van der Waals surface area contributed by atoms with E-state index in [0.29, 0.717) is 10.8 Å². The number of nitrogens with two attached hydrogens (primary N) is 1. The van der Waals surface area contributed by atoms with Crippen LogP contribution in [0.4, 0.5) is 0 Å². The van der Waals surface area contributed by atoms with Gasteiger partial charge in [-0.25, -0.2) is 4.98 Å². The van der Waals surface area contributed by atoms with Gasteiger partial charge in [0.1, 0.15) is 5.82 Å². The second-order valence-electron chi connectivity index (χ2n) is 5.34. The standard InChI is InChI=1S/C17H16ClN3O2/c18-12-7-5-11(6-8-12)15(22)10-21-14-4-2-1-3-13(14)20-17(21)9-16(19)23/h1-8,15,22H,9-10H2,(H2,19,23). The number of carbonyl (C=O) groups excluding carboxylic acids is 1. The quantitative estimate of drug-likeness (QED) is 0.754. The average Bonchev–Trinajstić information content (AvgIpc) is 2.85. The molecule has 1 aromatic heterocycles. The fourth-order valence-corrected chi connectivity index (χ4v) is 2.71. The number of hydrogen-bond donors (Lipinski definition) is 2. The molecular weight excluding hydrogens is 314 g/mol. The van der Waals surface area contributed by atoms with Gasteiger partial charge >= 0.3 is 0 Å². The van der Waals surface area contributed by atoms with E-state index >= 15 is 0 Å². The first-order valence-corrected chi connectivity index (χ1v) is 7.58. The fourth-order valence-electron chi connectivity index (χ4n) is 2.58. The summed E-state index contributed by atoms with van der Waals surface area (Å²) < 4.78 is 1.83. The van der Waals surface area contributed by atoms with Crippen LogP contribution in [0.1, 0.15) is 17.5 Å². The third-order valence-electron chi connectivity index (χ3n) is 3.68. The molecule has 0 bridgehead atoms. The summed E-state index contributed by atoms with van der Waals surface area (Å²) in [4.78, 5) is 15.7. The molecule has 1 amide bonds. The Morgan fingerprint density at radius 3 is 2.61 bits per heavy atom. The van der Waals surface area contributed by atoms with Crippen molar-refractivity contribution in [2.45, 2.75) is 19.1 Å². The molecule has 1 heterocycles. The molecule has 6 heteroatoms. The molecule has 1 atom stereocenters.